The van der Waals surface area contributed by atoms with Crippen LogP contribution in [0.15, 0.2) is 33.4 Å². The molecule has 3 N–H and O–H groups in total. The molecule has 112 valence electrons. The van der Waals surface area contributed by atoms with E-state index < -0.39 is 0 Å². The molecule has 0 spiro atoms. The summed E-state index contributed by atoms with van der Waals surface area (Å²) in [6.45, 7) is 2.83. The van der Waals surface area contributed by atoms with Gasteiger partial charge in [-0.1, -0.05) is 22.9 Å². The van der Waals surface area contributed by atoms with Crippen LogP contribution >= 0.6 is 15.9 Å². The van der Waals surface area contributed by atoms with Crippen molar-refractivity contribution in [2.24, 2.45) is 5.84 Å². The fraction of sp³-hybridized carbons (Fsp3) is 0.375. The van der Waals surface area contributed by atoms with Crippen molar-refractivity contribution in [1.82, 2.24) is 5.43 Å². The van der Waals surface area contributed by atoms with Gasteiger partial charge in [0.15, 0.2) is 0 Å². The highest BCUT2D eigenvalue weighted by Crippen LogP contribution is 2.35. The molecule has 1 aliphatic rings. The zero-order valence-corrected chi connectivity index (χ0v) is 13.6. The summed E-state index contributed by atoms with van der Waals surface area (Å²) in [5.74, 6) is 7.77. The number of rotatable bonds is 5. The number of nitrogens with two attached hydrogens (primary N) is 1. The first-order chi connectivity index (χ1) is 10.2. The van der Waals surface area contributed by atoms with Gasteiger partial charge in [-0.05, 0) is 35.7 Å². The third-order valence-electron chi connectivity index (χ3n) is 3.93. The quantitative estimate of drug-likeness (QED) is 0.641. The second kappa shape index (κ2) is 6.22. The normalized spacial score (nSPS) is 14.8. The number of hydrogen-bond acceptors (Lipinski definition) is 4. The maximum absolute atomic E-state index is 5.79. The predicted molar refractivity (Wildman–Crippen MR) is 85.2 cm³/mol. The van der Waals surface area contributed by atoms with Gasteiger partial charge in [0.2, 0.25) is 0 Å². The molecule has 0 aliphatic carbocycles. The van der Waals surface area contributed by atoms with Crippen LogP contribution in [-0.2, 0) is 19.3 Å². The van der Waals surface area contributed by atoms with Gasteiger partial charge in [-0.25, -0.2) is 0 Å². The fourth-order valence-corrected chi connectivity index (χ4v) is 3.48. The lowest BCUT2D eigenvalue weighted by Gasteiger charge is -2.18. The fourth-order valence-electron chi connectivity index (χ4n) is 2.92. The minimum atomic E-state index is 0.0151. The van der Waals surface area contributed by atoms with Gasteiger partial charge >= 0.3 is 0 Å². The minimum absolute atomic E-state index is 0.0151. The zero-order chi connectivity index (χ0) is 14.8. The van der Waals surface area contributed by atoms with Crippen molar-refractivity contribution in [2.45, 2.75) is 32.2 Å². The Kier molecular flexibility index (Phi) is 4.33. The van der Waals surface area contributed by atoms with Crippen LogP contribution < -0.4 is 16.0 Å². The molecule has 0 radical (unpaired) electrons. The summed E-state index contributed by atoms with van der Waals surface area (Å²) >= 11 is 3.58. The third-order valence-corrected chi connectivity index (χ3v) is 4.38. The largest absolute Gasteiger partial charge is 0.493 e. The summed E-state index contributed by atoms with van der Waals surface area (Å²) in [5.41, 5.74) is 6.46. The lowest BCUT2D eigenvalue weighted by molar-refractivity contribution is 0.351. The van der Waals surface area contributed by atoms with Crippen LogP contribution in [0.5, 0.6) is 5.75 Å². The summed E-state index contributed by atoms with van der Waals surface area (Å²) in [6.07, 6.45) is 4.31. The average Bonchev–Trinajstić information content (AvgIpc) is 3.12. The highest BCUT2D eigenvalue weighted by molar-refractivity contribution is 9.10. The maximum atomic E-state index is 5.79. The number of fused-ring (bicyclic) bond motifs is 1. The molecule has 21 heavy (non-hydrogen) atoms. The number of aryl methyl sites for hydroxylation is 1. The molecule has 5 heteroatoms. The van der Waals surface area contributed by atoms with E-state index in [2.05, 4.69) is 40.4 Å². The Morgan fingerprint density at radius 1 is 1.43 bits per heavy atom. The van der Waals surface area contributed by atoms with Crippen LogP contribution in [0.4, 0.5) is 0 Å². The van der Waals surface area contributed by atoms with Gasteiger partial charge in [-0.15, -0.1) is 0 Å². The van der Waals surface area contributed by atoms with E-state index in [1.54, 1.807) is 6.26 Å². The molecule has 0 saturated heterocycles. The van der Waals surface area contributed by atoms with E-state index in [0.717, 1.165) is 47.4 Å². The summed E-state index contributed by atoms with van der Waals surface area (Å²) in [7, 11) is 0. The van der Waals surface area contributed by atoms with Gasteiger partial charge in [-0.2, -0.15) is 0 Å². The Bertz CT molecular complexity index is 639. The number of nitrogens with one attached hydrogen (secondary N) is 1. The highest BCUT2D eigenvalue weighted by Gasteiger charge is 2.22. The molecule has 3 rings (SSSR count). The standard InChI is InChI=1S/C16H19BrN2O2/c1-2-15-13(4-6-20-15)14(19-18)9-11-8-12(17)7-10-3-5-21-16(10)11/h4,6-8,14,19H,2-3,5,9,18H2,1H3. The lowest BCUT2D eigenvalue weighted by atomic mass is 9.97. The summed E-state index contributed by atoms with van der Waals surface area (Å²) in [4.78, 5) is 0. The Morgan fingerprint density at radius 3 is 3.05 bits per heavy atom. The number of benzene rings is 1. The average molecular weight is 351 g/mol. The smallest absolute Gasteiger partial charge is 0.125 e. The van der Waals surface area contributed by atoms with Gasteiger partial charge in [0.05, 0.1) is 18.9 Å². The first-order valence-electron chi connectivity index (χ1n) is 7.19. The Balaban J connectivity index is 1.92. The van der Waals surface area contributed by atoms with Crippen LogP contribution in [0.2, 0.25) is 0 Å². The van der Waals surface area contributed by atoms with Gasteiger partial charge in [-0.3, -0.25) is 11.3 Å². The summed E-state index contributed by atoms with van der Waals surface area (Å²) < 4.78 is 12.4. The molecule has 1 aromatic heterocycles. The number of hydrogen-bond donors (Lipinski definition) is 2. The maximum Gasteiger partial charge on any atom is 0.125 e. The molecule has 0 fully saturated rings. The molecule has 0 amide bonds. The number of hydrazine groups is 1. The molecule has 1 aromatic carbocycles. The molecule has 2 aromatic rings. The van der Waals surface area contributed by atoms with Crippen LogP contribution in [0.25, 0.3) is 0 Å². The van der Waals surface area contributed by atoms with Gasteiger partial charge in [0, 0.05) is 22.9 Å². The second-order valence-corrected chi connectivity index (χ2v) is 6.14. The van der Waals surface area contributed by atoms with Crippen LogP contribution in [-0.4, -0.2) is 6.61 Å². The monoisotopic (exact) mass is 350 g/mol. The van der Waals surface area contributed by atoms with Crippen molar-refractivity contribution in [3.05, 3.63) is 51.4 Å². The number of halogens is 1. The molecular weight excluding hydrogens is 332 g/mol. The van der Waals surface area contributed by atoms with Gasteiger partial charge < -0.3 is 9.15 Å². The van der Waals surface area contributed by atoms with Gasteiger partial charge in [0.25, 0.3) is 0 Å². The van der Waals surface area contributed by atoms with Gasteiger partial charge in [0.1, 0.15) is 11.5 Å². The lowest BCUT2D eigenvalue weighted by Crippen LogP contribution is -2.30. The third kappa shape index (κ3) is 2.86. The van der Waals surface area contributed by atoms with Crippen LogP contribution in [0.1, 0.15) is 35.4 Å². The zero-order valence-electron chi connectivity index (χ0n) is 12.0. The van der Waals surface area contributed by atoms with Crippen molar-refractivity contribution in [2.75, 3.05) is 6.61 Å². The molecule has 4 nitrogen and oxygen atoms in total. The Labute approximate surface area is 132 Å². The molecule has 1 unspecified atom stereocenters. The van der Waals surface area contributed by atoms with Crippen molar-refractivity contribution in [3.8, 4) is 5.75 Å². The molecular formula is C16H19BrN2O2. The van der Waals surface area contributed by atoms with Crippen LogP contribution in [0, 0.1) is 0 Å². The summed E-state index contributed by atoms with van der Waals surface area (Å²) in [5, 5.41) is 0. The molecule has 0 bridgehead atoms. The van der Waals surface area contributed by atoms with E-state index in [-0.39, 0.29) is 6.04 Å². The van der Waals surface area contributed by atoms with Crippen LogP contribution in [0.3, 0.4) is 0 Å². The minimum Gasteiger partial charge on any atom is -0.493 e. The first kappa shape index (κ1) is 14.6. The van der Waals surface area contributed by atoms with E-state index in [1.165, 1.54) is 11.1 Å². The molecule has 0 saturated carbocycles. The van der Waals surface area contributed by atoms with E-state index in [1.807, 2.05) is 6.07 Å². The topological polar surface area (TPSA) is 60.4 Å². The number of furan rings is 1. The second-order valence-electron chi connectivity index (χ2n) is 5.23. The Hall–Kier alpha value is -1.30. The van der Waals surface area contributed by atoms with Crippen molar-refractivity contribution in [3.63, 3.8) is 0 Å². The molecule has 2 heterocycles. The SMILES string of the molecule is CCc1occc1C(Cc1cc(Br)cc2c1OCC2)NN. The van der Waals surface area contributed by atoms with Crippen molar-refractivity contribution >= 4 is 15.9 Å². The van der Waals surface area contributed by atoms with E-state index in [4.69, 9.17) is 15.0 Å². The van der Waals surface area contributed by atoms with Crippen molar-refractivity contribution < 1.29 is 9.15 Å². The highest BCUT2D eigenvalue weighted by atomic mass is 79.9. The predicted octanol–water partition coefficient (Wildman–Crippen LogP) is 3.29. The molecule has 1 aliphatic heterocycles. The molecule has 1 atom stereocenters. The number of ether oxygens (including phenoxy) is 1. The van der Waals surface area contributed by atoms with E-state index >= 15 is 0 Å². The summed E-state index contributed by atoms with van der Waals surface area (Å²) in [6, 6.07) is 6.25. The Morgan fingerprint density at radius 2 is 2.29 bits per heavy atom. The first-order valence-corrected chi connectivity index (χ1v) is 7.98. The van der Waals surface area contributed by atoms with E-state index in [9.17, 15) is 0 Å². The van der Waals surface area contributed by atoms with Crippen molar-refractivity contribution in [1.29, 1.82) is 0 Å². The van der Waals surface area contributed by atoms with E-state index in [0.29, 0.717) is 0 Å².